The first kappa shape index (κ1) is 12.7. The van der Waals surface area contributed by atoms with Crippen molar-refractivity contribution in [3.63, 3.8) is 0 Å². The van der Waals surface area contributed by atoms with Crippen LogP contribution in [0.2, 0.25) is 0 Å². The van der Waals surface area contributed by atoms with Crippen LogP contribution in [-0.2, 0) is 4.74 Å². The van der Waals surface area contributed by atoms with Crippen LogP contribution in [0.4, 0.5) is 5.82 Å². The molecule has 0 fully saturated rings. The molecule has 2 rings (SSSR count). The number of hydrogen-bond acceptors (Lipinski definition) is 7. The van der Waals surface area contributed by atoms with E-state index in [9.17, 15) is 4.79 Å². The van der Waals surface area contributed by atoms with Crippen molar-refractivity contribution >= 4 is 33.3 Å². The Hall–Kier alpha value is -1.73. The van der Waals surface area contributed by atoms with Crippen LogP contribution >= 0.6 is 11.3 Å². The van der Waals surface area contributed by atoms with Gasteiger partial charge in [0.15, 0.2) is 0 Å². The molecule has 2 aromatic heterocycles. The third kappa shape index (κ3) is 2.14. The fraction of sp³-hybridized carbons (Fsp3) is 0.364. The van der Waals surface area contributed by atoms with Gasteiger partial charge in [0, 0.05) is 13.1 Å². The maximum Gasteiger partial charge on any atom is 0.348 e. The number of rotatable bonds is 4. The maximum atomic E-state index is 11.6. The number of carbonyl (C=O) groups excluding carboxylic acids is 1. The summed E-state index contributed by atoms with van der Waals surface area (Å²) in [6.07, 6.45) is 1.47. The summed E-state index contributed by atoms with van der Waals surface area (Å²) in [7, 11) is 1.37. The molecule has 7 heteroatoms. The first-order chi connectivity index (χ1) is 8.69. The second kappa shape index (κ2) is 5.28. The van der Waals surface area contributed by atoms with Gasteiger partial charge in [0.2, 0.25) is 0 Å². The molecule has 0 amide bonds. The molecule has 3 N–H and O–H groups in total. The molecule has 6 nitrogen and oxygen atoms in total. The highest BCUT2D eigenvalue weighted by molar-refractivity contribution is 7.20. The average molecular weight is 266 g/mol. The largest absolute Gasteiger partial charge is 0.465 e. The van der Waals surface area contributed by atoms with E-state index in [1.165, 1.54) is 24.8 Å². The number of carbonyl (C=O) groups is 1. The van der Waals surface area contributed by atoms with E-state index in [1.54, 1.807) is 0 Å². The van der Waals surface area contributed by atoms with E-state index in [2.05, 4.69) is 15.3 Å². The monoisotopic (exact) mass is 266 g/mol. The summed E-state index contributed by atoms with van der Waals surface area (Å²) in [6, 6.07) is 0. The van der Waals surface area contributed by atoms with Crippen molar-refractivity contribution in [2.24, 2.45) is 5.73 Å². The van der Waals surface area contributed by atoms with Crippen LogP contribution in [-0.4, -0.2) is 36.1 Å². The number of hydrogen-bond donors (Lipinski definition) is 2. The highest BCUT2D eigenvalue weighted by atomic mass is 32.1. The summed E-state index contributed by atoms with van der Waals surface area (Å²) in [4.78, 5) is 21.3. The molecular weight excluding hydrogens is 252 g/mol. The molecule has 0 radical (unpaired) electrons. The normalized spacial score (nSPS) is 10.6. The van der Waals surface area contributed by atoms with Gasteiger partial charge in [-0.1, -0.05) is 0 Å². The quantitative estimate of drug-likeness (QED) is 0.807. The number of methoxy groups -OCH3 is 1. The summed E-state index contributed by atoms with van der Waals surface area (Å²) in [5, 5.41) is 3.98. The van der Waals surface area contributed by atoms with E-state index in [4.69, 9.17) is 10.5 Å². The second-order valence-electron chi connectivity index (χ2n) is 3.67. The minimum Gasteiger partial charge on any atom is -0.465 e. The maximum absolute atomic E-state index is 11.6. The number of aromatic nitrogens is 2. The Kier molecular flexibility index (Phi) is 3.73. The van der Waals surface area contributed by atoms with Crippen molar-refractivity contribution in [1.82, 2.24) is 9.97 Å². The number of nitrogens with one attached hydrogen (secondary N) is 1. The Morgan fingerprint density at radius 1 is 1.56 bits per heavy atom. The molecule has 0 atom stereocenters. The smallest absolute Gasteiger partial charge is 0.348 e. The third-order valence-corrected chi connectivity index (χ3v) is 3.71. The molecule has 0 aromatic carbocycles. The lowest BCUT2D eigenvalue weighted by Gasteiger charge is -2.05. The SMILES string of the molecule is COC(=O)c1sc2ncnc(NCCN)c2c1C. The van der Waals surface area contributed by atoms with Gasteiger partial charge in [-0.2, -0.15) is 0 Å². The zero-order chi connectivity index (χ0) is 13.1. The van der Waals surface area contributed by atoms with Gasteiger partial charge in [-0.25, -0.2) is 14.8 Å². The Morgan fingerprint density at radius 2 is 2.33 bits per heavy atom. The molecule has 0 saturated heterocycles. The summed E-state index contributed by atoms with van der Waals surface area (Å²) in [5.41, 5.74) is 6.29. The number of fused-ring (bicyclic) bond motifs is 1. The summed E-state index contributed by atoms with van der Waals surface area (Å²) in [6.45, 7) is 3.00. The van der Waals surface area contributed by atoms with Crippen LogP contribution in [0.15, 0.2) is 6.33 Å². The lowest BCUT2D eigenvalue weighted by Crippen LogP contribution is -2.14. The number of aryl methyl sites for hydroxylation is 1. The lowest BCUT2D eigenvalue weighted by atomic mass is 10.2. The molecule has 2 aromatic rings. The zero-order valence-corrected chi connectivity index (χ0v) is 11.0. The highest BCUT2D eigenvalue weighted by Gasteiger charge is 2.19. The average Bonchev–Trinajstić information content (AvgIpc) is 2.73. The molecule has 0 spiro atoms. The lowest BCUT2D eigenvalue weighted by molar-refractivity contribution is 0.0605. The summed E-state index contributed by atoms with van der Waals surface area (Å²) in [5.74, 6) is 0.356. The standard InChI is InChI=1S/C11H14N4O2S/c1-6-7-9(13-4-3-12)14-5-15-10(7)18-8(6)11(16)17-2/h5H,3-4,12H2,1-2H3,(H,13,14,15). The Balaban J connectivity index is 2.54. The van der Waals surface area contributed by atoms with Gasteiger partial charge in [-0.15, -0.1) is 11.3 Å². The predicted molar refractivity (Wildman–Crippen MR) is 71.0 cm³/mol. The van der Waals surface area contributed by atoms with Crippen LogP contribution in [0, 0.1) is 6.92 Å². The van der Waals surface area contributed by atoms with Gasteiger partial charge < -0.3 is 15.8 Å². The van der Waals surface area contributed by atoms with E-state index in [0.717, 1.165) is 15.8 Å². The van der Waals surface area contributed by atoms with Crippen LogP contribution in [0.25, 0.3) is 10.2 Å². The van der Waals surface area contributed by atoms with Gasteiger partial charge in [0.1, 0.15) is 21.9 Å². The van der Waals surface area contributed by atoms with E-state index >= 15 is 0 Å². The number of esters is 1. The number of nitrogens with two attached hydrogens (primary N) is 1. The molecule has 0 saturated carbocycles. The van der Waals surface area contributed by atoms with Gasteiger partial charge in [0.25, 0.3) is 0 Å². The first-order valence-corrected chi connectivity index (χ1v) is 6.27. The van der Waals surface area contributed by atoms with Gasteiger partial charge >= 0.3 is 5.97 Å². The molecule has 0 bridgehead atoms. The Morgan fingerprint density at radius 3 is 3.00 bits per heavy atom. The Bertz CT molecular complexity index is 582. The zero-order valence-electron chi connectivity index (χ0n) is 10.2. The third-order valence-electron chi connectivity index (χ3n) is 2.53. The molecular formula is C11H14N4O2S. The number of thiophene rings is 1. The van der Waals surface area contributed by atoms with Crippen molar-refractivity contribution < 1.29 is 9.53 Å². The molecule has 0 aliphatic heterocycles. The minimum atomic E-state index is -0.347. The van der Waals surface area contributed by atoms with Gasteiger partial charge in [-0.3, -0.25) is 0 Å². The minimum absolute atomic E-state index is 0.347. The van der Waals surface area contributed by atoms with Crippen molar-refractivity contribution in [2.75, 3.05) is 25.5 Å². The molecule has 2 heterocycles. The van der Waals surface area contributed by atoms with E-state index < -0.39 is 0 Å². The topological polar surface area (TPSA) is 90.1 Å². The molecule has 0 aliphatic carbocycles. The van der Waals surface area contributed by atoms with Gasteiger partial charge in [0.05, 0.1) is 12.5 Å². The first-order valence-electron chi connectivity index (χ1n) is 5.45. The molecule has 0 unspecified atom stereocenters. The second-order valence-corrected chi connectivity index (χ2v) is 4.66. The van der Waals surface area contributed by atoms with Gasteiger partial charge in [-0.05, 0) is 12.5 Å². The van der Waals surface area contributed by atoms with Crippen LogP contribution in [0.1, 0.15) is 15.2 Å². The van der Waals surface area contributed by atoms with Crippen LogP contribution < -0.4 is 11.1 Å². The van der Waals surface area contributed by atoms with E-state index in [0.29, 0.717) is 23.8 Å². The van der Waals surface area contributed by atoms with Crippen molar-refractivity contribution in [3.05, 3.63) is 16.8 Å². The van der Waals surface area contributed by atoms with Crippen molar-refractivity contribution in [1.29, 1.82) is 0 Å². The van der Waals surface area contributed by atoms with E-state index in [-0.39, 0.29) is 5.97 Å². The summed E-state index contributed by atoms with van der Waals surface area (Å²) >= 11 is 1.31. The fourth-order valence-electron chi connectivity index (χ4n) is 1.68. The predicted octanol–water partition coefficient (Wildman–Crippen LogP) is 1.16. The number of anilines is 1. The van der Waals surface area contributed by atoms with Crippen LogP contribution in [0.5, 0.6) is 0 Å². The van der Waals surface area contributed by atoms with Crippen LogP contribution in [0.3, 0.4) is 0 Å². The molecule has 0 aliphatic rings. The summed E-state index contributed by atoms with van der Waals surface area (Å²) < 4.78 is 4.75. The number of ether oxygens (including phenoxy) is 1. The fourth-order valence-corrected chi connectivity index (χ4v) is 2.75. The van der Waals surface area contributed by atoms with Crippen molar-refractivity contribution in [2.45, 2.75) is 6.92 Å². The molecule has 96 valence electrons. The highest BCUT2D eigenvalue weighted by Crippen LogP contribution is 2.33. The molecule has 18 heavy (non-hydrogen) atoms. The van der Waals surface area contributed by atoms with Crippen molar-refractivity contribution in [3.8, 4) is 0 Å². The van der Waals surface area contributed by atoms with E-state index in [1.807, 2.05) is 6.92 Å². The Labute approximate surface area is 108 Å². The number of nitrogens with zero attached hydrogens (tertiary/aromatic N) is 2.